The van der Waals surface area contributed by atoms with Gasteiger partial charge in [-0.2, -0.15) is 5.26 Å². The highest BCUT2D eigenvalue weighted by molar-refractivity contribution is 6.03. The first kappa shape index (κ1) is 19.6. The van der Waals surface area contributed by atoms with Gasteiger partial charge in [-0.15, -0.1) is 0 Å². The zero-order chi connectivity index (χ0) is 20.8. The Morgan fingerprint density at radius 1 is 1.03 bits per heavy atom. The Morgan fingerprint density at radius 3 is 2.52 bits per heavy atom. The van der Waals surface area contributed by atoms with Crippen LogP contribution in [0.5, 0.6) is 11.5 Å². The molecule has 0 unspecified atom stereocenters. The molecule has 0 aliphatic carbocycles. The van der Waals surface area contributed by atoms with Gasteiger partial charge >= 0.3 is 0 Å². The molecule has 0 fully saturated rings. The van der Waals surface area contributed by atoms with Crippen LogP contribution in [0.3, 0.4) is 0 Å². The maximum Gasteiger partial charge on any atom is 0.274 e. The summed E-state index contributed by atoms with van der Waals surface area (Å²) < 4.78 is 10.5. The molecule has 3 aromatic rings. The first-order chi connectivity index (χ1) is 14.0. The molecular weight excluding hydrogens is 370 g/mol. The third-order valence-electron chi connectivity index (χ3n) is 4.02. The monoisotopic (exact) mass is 389 g/mol. The van der Waals surface area contributed by atoms with E-state index in [1.54, 1.807) is 50.4 Å². The number of nitrogens with zero attached hydrogens (tertiary/aromatic N) is 3. The van der Waals surface area contributed by atoms with Gasteiger partial charge in [0.05, 0.1) is 25.5 Å². The number of carbonyl (C=O) groups excluding carboxylic acids is 1. The van der Waals surface area contributed by atoms with Crippen LogP contribution in [0, 0.1) is 18.3 Å². The second-order valence-electron chi connectivity index (χ2n) is 5.99. The Labute approximate surface area is 168 Å². The fourth-order valence-electron chi connectivity index (χ4n) is 2.68. The quantitative estimate of drug-likeness (QED) is 0.662. The lowest BCUT2D eigenvalue weighted by molar-refractivity contribution is 0.102. The third kappa shape index (κ3) is 4.59. The maximum atomic E-state index is 12.7. The van der Waals surface area contributed by atoms with Gasteiger partial charge in [-0.25, -0.2) is 9.97 Å². The van der Waals surface area contributed by atoms with E-state index in [2.05, 4.69) is 26.7 Å². The highest BCUT2D eigenvalue weighted by Gasteiger charge is 2.13. The van der Waals surface area contributed by atoms with Gasteiger partial charge in [-0.05, 0) is 31.2 Å². The number of nitriles is 1. The predicted octanol–water partition coefficient (Wildman–Crippen LogP) is 3.67. The summed E-state index contributed by atoms with van der Waals surface area (Å²) in [5.74, 6) is 1.49. The van der Waals surface area contributed by atoms with Crippen LogP contribution in [0.25, 0.3) is 0 Å². The molecule has 1 heterocycles. The van der Waals surface area contributed by atoms with Crippen molar-refractivity contribution in [3.05, 3.63) is 65.6 Å². The van der Waals surface area contributed by atoms with Crippen molar-refractivity contribution >= 4 is 23.1 Å². The van der Waals surface area contributed by atoms with Gasteiger partial charge in [-0.1, -0.05) is 12.1 Å². The first-order valence-corrected chi connectivity index (χ1v) is 8.69. The highest BCUT2D eigenvalue weighted by Crippen LogP contribution is 2.30. The summed E-state index contributed by atoms with van der Waals surface area (Å²) in [6.45, 7) is 1.69. The summed E-state index contributed by atoms with van der Waals surface area (Å²) in [5, 5.41) is 15.1. The number of para-hydroxylation sites is 1. The zero-order valence-corrected chi connectivity index (χ0v) is 16.2. The van der Waals surface area contributed by atoms with E-state index in [9.17, 15) is 10.1 Å². The average Bonchev–Trinajstić information content (AvgIpc) is 2.73. The third-order valence-corrected chi connectivity index (χ3v) is 4.02. The lowest BCUT2D eigenvalue weighted by Crippen LogP contribution is -2.15. The lowest BCUT2D eigenvalue weighted by atomic mass is 10.2. The van der Waals surface area contributed by atoms with Gasteiger partial charge in [0.15, 0.2) is 11.5 Å². The van der Waals surface area contributed by atoms with E-state index in [-0.39, 0.29) is 5.69 Å². The van der Waals surface area contributed by atoms with E-state index in [0.717, 1.165) is 0 Å². The maximum absolute atomic E-state index is 12.7. The van der Waals surface area contributed by atoms with Crippen molar-refractivity contribution in [2.45, 2.75) is 6.92 Å². The molecule has 3 rings (SSSR count). The molecule has 29 heavy (non-hydrogen) atoms. The van der Waals surface area contributed by atoms with Crippen molar-refractivity contribution in [1.82, 2.24) is 9.97 Å². The van der Waals surface area contributed by atoms with Gasteiger partial charge in [0, 0.05) is 17.8 Å². The van der Waals surface area contributed by atoms with Crippen molar-refractivity contribution in [2.24, 2.45) is 0 Å². The Hall–Kier alpha value is -4.12. The summed E-state index contributed by atoms with van der Waals surface area (Å²) in [5.41, 5.74) is 1.79. The number of hydrogen-bond acceptors (Lipinski definition) is 7. The van der Waals surface area contributed by atoms with E-state index in [4.69, 9.17) is 9.47 Å². The Bertz CT molecular complexity index is 1090. The molecule has 0 atom stereocenters. The van der Waals surface area contributed by atoms with E-state index in [0.29, 0.717) is 40.1 Å². The van der Waals surface area contributed by atoms with Gasteiger partial charge in [0.25, 0.3) is 5.91 Å². The number of benzene rings is 2. The van der Waals surface area contributed by atoms with Gasteiger partial charge in [0.2, 0.25) is 0 Å². The number of anilines is 3. The van der Waals surface area contributed by atoms with Gasteiger partial charge < -0.3 is 20.1 Å². The number of ether oxygens (including phenoxy) is 2. The Morgan fingerprint density at radius 2 is 1.79 bits per heavy atom. The fraction of sp³-hybridized carbons (Fsp3) is 0.143. The van der Waals surface area contributed by atoms with Crippen molar-refractivity contribution in [2.75, 3.05) is 24.9 Å². The standard InChI is InChI=1S/C21H19N5O3/c1-13-23-17(11-20(24-13)26-16-7-5-4-6-14(16)12-22)21(27)25-15-8-9-18(28-2)19(10-15)29-3/h4-11H,1-3H3,(H,25,27)(H,23,24,26). The van der Waals surface area contributed by atoms with Crippen LogP contribution in [0.15, 0.2) is 48.5 Å². The number of aromatic nitrogens is 2. The minimum Gasteiger partial charge on any atom is -0.493 e. The van der Waals surface area contributed by atoms with Crippen molar-refractivity contribution in [3.63, 3.8) is 0 Å². The zero-order valence-electron chi connectivity index (χ0n) is 16.2. The van der Waals surface area contributed by atoms with E-state index in [1.165, 1.54) is 13.2 Å². The Balaban J connectivity index is 1.84. The number of methoxy groups -OCH3 is 2. The minimum atomic E-state index is -0.403. The number of amides is 1. The van der Waals surface area contributed by atoms with E-state index >= 15 is 0 Å². The van der Waals surface area contributed by atoms with Crippen LogP contribution in [-0.4, -0.2) is 30.1 Å². The SMILES string of the molecule is COc1ccc(NC(=O)c2cc(Nc3ccccc3C#N)nc(C)n2)cc1OC. The molecule has 8 nitrogen and oxygen atoms in total. The second kappa shape index (κ2) is 8.71. The highest BCUT2D eigenvalue weighted by atomic mass is 16.5. The fourth-order valence-corrected chi connectivity index (χ4v) is 2.68. The molecule has 8 heteroatoms. The van der Waals surface area contributed by atoms with E-state index in [1.807, 2.05) is 6.07 Å². The van der Waals surface area contributed by atoms with Crippen LogP contribution < -0.4 is 20.1 Å². The van der Waals surface area contributed by atoms with Crippen molar-refractivity contribution < 1.29 is 14.3 Å². The molecule has 0 radical (unpaired) electrons. The summed E-state index contributed by atoms with van der Waals surface area (Å²) in [4.78, 5) is 21.2. The molecule has 0 bridgehead atoms. The van der Waals surface area contributed by atoms with E-state index < -0.39 is 5.91 Å². The van der Waals surface area contributed by atoms with Crippen LogP contribution in [0.4, 0.5) is 17.2 Å². The molecule has 2 N–H and O–H groups in total. The van der Waals surface area contributed by atoms with Crippen LogP contribution >= 0.6 is 0 Å². The first-order valence-electron chi connectivity index (χ1n) is 8.69. The second-order valence-corrected chi connectivity index (χ2v) is 5.99. The number of carbonyl (C=O) groups is 1. The van der Waals surface area contributed by atoms with Crippen LogP contribution in [0.1, 0.15) is 21.9 Å². The summed E-state index contributed by atoms with van der Waals surface area (Å²) in [7, 11) is 3.06. The molecule has 2 aromatic carbocycles. The Kier molecular flexibility index (Phi) is 5.90. The summed E-state index contributed by atoms with van der Waals surface area (Å²) in [6, 6.07) is 15.7. The number of rotatable bonds is 6. The number of aryl methyl sites for hydroxylation is 1. The van der Waals surface area contributed by atoms with Crippen LogP contribution in [0.2, 0.25) is 0 Å². The predicted molar refractivity (Wildman–Crippen MR) is 109 cm³/mol. The van der Waals surface area contributed by atoms with Crippen LogP contribution in [-0.2, 0) is 0 Å². The summed E-state index contributed by atoms with van der Waals surface area (Å²) >= 11 is 0. The average molecular weight is 389 g/mol. The number of hydrogen-bond donors (Lipinski definition) is 2. The molecular formula is C21H19N5O3. The molecule has 0 saturated carbocycles. The molecule has 1 amide bonds. The van der Waals surface area contributed by atoms with Crippen molar-refractivity contribution in [1.29, 1.82) is 5.26 Å². The largest absolute Gasteiger partial charge is 0.493 e. The molecule has 0 aliphatic heterocycles. The number of nitrogens with one attached hydrogen (secondary N) is 2. The molecule has 0 spiro atoms. The lowest BCUT2D eigenvalue weighted by Gasteiger charge is -2.12. The molecule has 0 saturated heterocycles. The van der Waals surface area contributed by atoms with Crippen molar-refractivity contribution in [3.8, 4) is 17.6 Å². The molecule has 146 valence electrons. The molecule has 0 aliphatic rings. The van der Waals surface area contributed by atoms with Gasteiger partial charge in [0.1, 0.15) is 23.4 Å². The molecule has 1 aromatic heterocycles. The van der Waals surface area contributed by atoms with Gasteiger partial charge in [-0.3, -0.25) is 4.79 Å². The summed E-state index contributed by atoms with van der Waals surface area (Å²) in [6.07, 6.45) is 0. The topological polar surface area (TPSA) is 109 Å². The smallest absolute Gasteiger partial charge is 0.274 e. The minimum absolute atomic E-state index is 0.184. The normalized spacial score (nSPS) is 10.0.